The van der Waals surface area contributed by atoms with Crippen molar-refractivity contribution >= 4 is 0 Å². The number of benzene rings is 1. The van der Waals surface area contributed by atoms with Crippen LogP contribution in [-0.4, -0.2) is 20.2 Å². The van der Waals surface area contributed by atoms with Crippen LogP contribution in [0.15, 0.2) is 24.3 Å². The Kier molecular flexibility index (Phi) is 3.54. The number of rotatable bonds is 4. The van der Waals surface area contributed by atoms with Crippen molar-refractivity contribution in [1.29, 1.82) is 0 Å². The number of para-hydroxylation sites is 1. The Labute approximate surface area is 71.4 Å². The summed E-state index contributed by atoms with van der Waals surface area (Å²) in [7, 11) is 1.70. The van der Waals surface area contributed by atoms with Gasteiger partial charge in [-0.05, 0) is 12.1 Å². The second kappa shape index (κ2) is 4.72. The molecule has 0 radical (unpaired) electrons. The molecule has 1 aromatic rings. The molecule has 0 saturated heterocycles. The number of hydrogen-bond acceptors (Lipinski definition) is 1. The molecule has 1 rings (SSSR count). The molecule has 2 nitrogen and oxygen atoms in total. The minimum absolute atomic E-state index is 0.293. The Balaban J connectivity index is 2.46. The number of nitrogens with zero attached hydrogens (tertiary/aromatic N) is 1. The molecule has 0 saturated carbocycles. The SMILES string of the molecule is C[N-]CCOc1ccccc1F. The highest BCUT2D eigenvalue weighted by Crippen LogP contribution is 2.14. The van der Waals surface area contributed by atoms with Gasteiger partial charge in [0.05, 0.1) is 6.61 Å². The average Bonchev–Trinajstić information content (AvgIpc) is 2.09. The monoisotopic (exact) mass is 168 g/mol. The van der Waals surface area contributed by atoms with E-state index in [1.807, 2.05) is 0 Å². The Hall–Kier alpha value is -1.09. The van der Waals surface area contributed by atoms with Crippen LogP contribution in [0.3, 0.4) is 0 Å². The zero-order valence-corrected chi connectivity index (χ0v) is 6.96. The molecule has 3 heteroatoms. The third-order valence-electron chi connectivity index (χ3n) is 1.41. The van der Waals surface area contributed by atoms with Gasteiger partial charge >= 0.3 is 0 Å². The van der Waals surface area contributed by atoms with Crippen molar-refractivity contribution in [3.63, 3.8) is 0 Å². The van der Waals surface area contributed by atoms with Crippen molar-refractivity contribution < 1.29 is 9.13 Å². The van der Waals surface area contributed by atoms with E-state index in [0.29, 0.717) is 18.9 Å². The van der Waals surface area contributed by atoms with Crippen LogP contribution in [0.1, 0.15) is 0 Å². The molecule has 0 bridgehead atoms. The van der Waals surface area contributed by atoms with E-state index in [9.17, 15) is 4.39 Å². The predicted octanol–water partition coefficient (Wildman–Crippen LogP) is 2.21. The second-order valence-electron chi connectivity index (χ2n) is 2.32. The summed E-state index contributed by atoms with van der Waals surface area (Å²) in [6.07, 6.45) is 0. The standard InChI is InChI=1S/C9H11FNO/c1-11-6-7-12-9-5-3-2-4-8(9)10/h2-5H,6-7H2,1H3/q-1. The van der Waals surface area contributed by atoms with Gasteiger partial charge in [-0.25, -0.2) is 4.39 Å². The van der Waals surface area contributed by atoms with E-state index in [2.05, 4.69) is 5.32 Å². The maximum Gasteiger partial charge on any atom is 0.165 e. The molecule has 0 unspecified atom stereocenters. The summed E-state index contributed by atoms with van der Waals surface area (Å²) in [5, 5.41) is 3.83. The van der Waals surface area contributed by atoms with Gasteiger partial charge in [-0.3, -0.25) is 0 Å². The predicted molar refractivity (Wildman–Crippen MR) is 46.0 cm³/mol. The Bertz CT molecular complexity index is 240. The van der Waals surface area contributed by atoms with Gasteiger partial charge < -0.3 is 10.1 Å². The van der Waals surface area contributed by atoms with Gasteiger partial charge in [0.15, 0.2) is 11.6 Å². The van der Waals surface area contributed by atoms with E-state index in [4.69, 9.17) is 4.74 Å². The van der Waals surface area contributed by atoms with Gasteiger partial charge in [0.25, 0.3) is 0 Å². The Morgan fingerprint density at radius 2 is 2.17 bits per heavy atom. The number of halogens is 1. The first-order valence-corrected chi connectivity index (χ1v) is 3.77. The van der Waals surface area contributed by atoms with Crippen LogP contribution in [0.25, 0.3) is 5.32 Å². The van der Waals surface area contributed by atoms with Crippen LogP contribution in [-0.2, 0) is 0 Å². The van der Waals surface area contributed by atoms with E-state index in [0.717, 1.165) is 0 Å². The first-order valence-electron chi connectivity index (χ1n) is 3.77. The quantitative estimate of drug-likeness (QED) is 0.632. The lowest BCUT2D eigenvalue weighted by Gasteiger charge is -2.12. The zero-order valence-electron chi connectivity index (χ0n) is 6.96. The van der Waals surface area contributed by atoms with Crippen molar-refractivity contribution in [1.82, 2.24) is 0 Å². The van der Waals surface area contributed by atoms with Gasteiger partial charge in [0, 0.05) is 0 Å². The summed E-state index contributed by atoms with van der Waals surface area (Å²) in [5.74, 6) is -0.0326. The molecular weight excluding hydrogens is 157 g/mol. The minimum atomic E-state index is -0.325. The molecule has 1 aromatic carbocycles. The molecular formula is C9H11FNO-. The van der Waals surface area contributed by atoms with Crippen molar-refractivity contribution in [2.75, 3.05) is 20.2 Å². The Morgan fingerprint density at radius 3 is 2.83 bits per heavy atom. The molecule has 0 N–H and O–H groups in total. The molecule has 0 fully saturated rings. The van der Waals surface area contributed by atoms with Crippen molar-refractivity contribution in [3.05, 3.63) is 35.4 Å². The first-order chi connectivity index (χ1) is 5.84. The number of hydrogen-bond donors (Lipinski definition) is 0. The molecule has 0 heterocycles. The molecule has 0 aliphatic heterocycles. The maximum absolute atomic E-state index is 12.9. The lowest BCUT2D eigenvalue weighted by Crippen LogP contribution is -2.02. The van der Waals surface area contributed by atoms with E-state index < -0.39 is 0 Å². The molecule has 0 amide bonds. The molecule has 66 valence electrons. The number of likely N-dealkylation sites (N-methyl/N-ethyl adjacent to an activating group) is 1. The van der Waals surface area contributed by atoms with Crippen LogP contribution in [0.2, 0.25) is 0 Å². The summed E-state index contributed by atoms with van der Waals surface area (Å²) in [6, 6.07) is 6.34. The van der Waals surface area contributed by atoms with Crippen LogP contribution in [0.4, 0.5) is 4.39 Å². The molecule has 0 atom stereocenters. The lowest BCUT2D eigenvalue weighted by molar-refractivity contribution is 0.317. The molecule has 12 heavy (non-hydrogen) atoms. The van der Waals surface area contributed by atoms with Crippen molar-refractivity contribution in [3.8, 4) is 5.75 Å². The summed E-state index contributed by atoms with van der Waals surface area (Å²) >= 11 is 0. The highest BCUT2D eigenvalue weighted by atomic mass is 19.1. The van der Waals surface area contributed by atoms with Crippen LogP contribution in [0, 0.1) is 5.82 Å². The second-order valence-corrected chi connectivity index (χ2v) is 2.32. The fourth-order valence-electron chi connectivity index (χ4n) is 0.809. The van der Waals surface area contributed by atoms with E-state index >= 15 is 0 Å². The van der Waals surface area contributed by atoms with Crippen LogP contribution in [0.5, 0.6) is 5.75 Å². The molecule has 0 aliphatic carbocycles. The minimum Gasteiger partial charge on any atom is -0.662 e. The fraction of sp³-hybridized carbons (Fsp3) is 0.333. The highest BCUT2D eigenvalue weighted by molar-refractivity contribution is 5.23. The highest BCUT2D eigenvalue weighted by Gasteiger charge is 1.98. The van der Waals surface area contributed by atoms with Gasteiger partial charge in [-0.15, -0.1) is 6.54 Å². The first kappa shape index (κ1) is 9.00. The largest absolute Gasteiger partial charge is 0.662 e. The maximum atomic E-state index is 12.9. The van der Waals surface area contributed by atoms with Crippen molar-refractivity contribution in [2.24, 2.45) is 0 Å². The molecule has 0 aliphatic rings. The Morgan fingerprint density at radius 1 is 1.42 bits per heavy atom. The summed E-state index contributed by atoms with van der Waals surface area (Å²) in [6.45, 7) is 1.02. The van der Waals surface area contributed by atoms with Gasteiger partial charge in [0.2, 0.25) is 0 Å². The lowest BCUT2D eigenvalue weighted by atomic mass is 10.3. The fourth-order valence-corrected chi connectivity index (χ4v) is 0.809. The number of ether oxygens (including phenoxy) is 1. The van der Waals surface area contributed by atoms with Crippen LogP contribution >= 0.6 is 0 Å². The summed E-state index contributed by atoms with van der Waals surface area (Å²) in [4.78, 5) is 0. The summed E-state index contributed by atoms with van der Waals surface area (Å²) in [5.41, 5.74) is 0. The zero-order chi connectivity index (χ0) is 8.81. The third-order valence-corrected chi connectivity index (χ3v) is 1.41. The van der Waals surface area contributed by atoms with Gasteiger partial charge in [0.1, 0.15) is 0 Å². The molecule has 0 aromatic heterocycles. The van der Waals surface area contributed by atoms with E-state index in [-0.39, 0.29) is 5.82 Å². The van der Waals surface area contributed by atoms with E-state index in [1.165, 1.54) is 6.07 Å². The van der Waals surface area contributed by atoms with E-state index in [1.54, 1.807) is 25.2 Å². The van der Waals surface area contributed by atoms with Crippen molar-refractivity contribution in [2.45, 2.75) is 0 Å². The van der Waals surface area contributed by atoms with Gasteiger partial charge in [-0.2, -0.15) is 7.05 Å². The van der Waals surface area contributed by atoms with Crippen LogP contribution < -0.4 is 4.74 Å². The smallest absolute Gasteiger partial charge is 0.165 e. The third kappa shape index (κ3) is 2.51. The summed E-state index contributed by atoms with van der Waals surface area (Å²) < 4.78 is 18.0. The normalized spacial score (nSPS) is 9.83. The van der Waals surface area contributed by atoms with Gasteiger partial charge in [-0.1, -0.05) is 12.1 Å². The topological polar surface area (TPSA) is 23.3 Å². The average molecular weight is 168 g/mol. The molecule has 0 spiro atoms.